The highest BCUT2D eigenvalue weighted by Crippen LogP contribution is 2.41. The molecule has 37 heavy (non-hydrogen) atoms. The van der Waals surface area contributed by atoms with Gasteiger partial charge in [-0.2, -0.15) is 0 Å². The molecule has 9 heteroatoms. The zero-order valence-corrected chi connectivity index (χ0v) is 22.0. The molecule has 0 spiro atoms. The number of aromatic hydroxyl groups is 1. The summed E-state index contributed by atoms with van der Waals surface area (Å²) < 4.78 is 17.7. The fourth-order valence-corrected chi connectivity index (χ4v) is 5.09. The van der Waals surface area contributed by atoms with E-state index in [1.54, 1.807) is 49.9 Å². The first-order valence-electron chi connectivity index (χ1n) is 12.0. The van der Waals surface area contributed by atoms with E-state index < -0.39 is 5.82 Å². The lowest BCUT2D eigenvalue weighted by molar-refractivity contribution is 0.198. The van der Waals surface area contributed by atoms with Crippen LogP contribution >= 0.6 is 11.6 Å². The van der Waals surface area contributed by atoms with Crippen molar-refractivity contribution >= 4 is 17.4 Å². The maximum Gasteiger partial charge on any atom is 0.332 e. The standard InChI is InChI=1S/C28H29ClFN5O2/c1-28(32(2)3)8-10-34(17-28)25-14-19(7-9-31-25)22-16-20(30)15-21(26(22)36)18-5-6-24(23(29)13-18)35-12-11-33(4)27(35)37/h5-7,9,11-16,36H,8,10,17H2,1-4H3. The Labute approximate surface area is 220 Å². The third-order valence-electron chi connectivity index (χ3n) is 7.45. The Morgan fingerprint density at radius 1 is 1.08 bits per heavy atom. The van der Waals surface area contributed by atoms with Crippen LogP contribution in [0.5, 0.6) is 5.75 Å². The summed E-state index contributed by atoms with van der Waals surface area (Å²) >= 11 is 6.52. The SMILES string of the molecule is CN(C)C1(C)CCN(c2cc(-c3cc(F)cc(-c4ccc(-n5ccn(C)c5=O)c(Cl)c4)c3O)ccn2)C1. The number of benzene rings is 2. The van der Waals surface area contributed by atoms with Crippen LogP contribution in [0.15, 0.2) is 65.8 Å². The second kappa shape index (κ2) is 9.36. The molecule has 192 valence electrons. The molecule has 0 bridgehead atoms. The molecule has 1 unspecified atom stereocenters. The van der Waals surface area contributed by atoms with Gasteiger partial charge in [0.05, 0.1) is 10.7 Å². The van der Waals surface area contributed by atoms with Crippen LogP contribution in [-0.2, 0) is 7.05 Å². The molecule has 1 N–H and O–H groups in total. The van der Waals surface area contributed by atoms with Crippen LogP contribution in [0.4, 0.5) is 10.2 Å². The van der Waals surface area contributed by atoms with E-state index in [1.165, 1.54) is 21.3 Å². The number of nitrogens with zero attached hydrogens (tertiary/aromatic N) is 5. The van der Waals surface area contributed by atoms with Crippen LogP contribution in [0.25, 0.3) is 27.9 Å². The molecule has 7 nitrogen and oxygen atoms in total. The first-order valence-corrected chi connectivity index (χ1v) is 12.4. The molecule has 0 amide bonds. The van der Waals surface area contributed by atoms with Crippen molar-refractivity contribution in [3.8, 4) is 33.7 Å². The average Bonchev–Trinajstić information content (AvgIpc) is 3.44. The Balaban J connectivity index is 1.52. The van der Waals surface area contributed by atoms with Gasteiger partial charge >= 0.3 is 5.69 Å². The topological polar surface area (TPSA) is 66.5 Å². The van der Waals surface area contributed by atoms with E-state index in [9.17, 15) is 14.3 Å². The molecule has 1 aliphatic heterocycles. The number of phenolic OH excluding ortho intramolecular Hbond substituents is 1. The summed E-state index contributed by atoms with van der Waals surface area (Å²) in [5.41, 5.74) is 2.19. The van der Waals surface area contributed by atoms with E-state index in [-0.39, 0.29) is 17.0 Å². The average molecular weight is 522 g/mol. The van der Waals surface area contributed by atoms with Gasteiger partial charge in [0, 0.05) is 55.4 Å². The summed E-state index contributed by atoms with van der Waals surface area (Å²) in [6.07, 6.45) is 5.96. The minimum Gasteiger partial charge on any atom is -0.507 e. The van der Waals surface area contributed by atoms with Gasteiger partial charge < -0.3 is 19.5 Å². The molecule has 4 aromatic rings. The summed E-state index contributed by atoms with van der Waals surface area (Å²) in [4.78, 5) is 21.3. The highest BCUT2D eigenvalue weighted by molar-refractivity contribution is 6.32. The zero-order valence-electron chi connectivity index (χ0n) is 21.2. The highest BCUT2D eigenvalue weighted by atomic mass is 35.5. The molecular formula is C28H29ClFN5O2. The summed E-state index contributed by atoms with van der Waals surface area (Å²) in [6.45, 7) is 3.92. The van der Waals surface area contributed by atoms with Gasteiger partial charge in [0.1, 0.15) is 17.4 Å². The van der Waals surface area contributed by atoms with Crippen LogP contribution in [0.3, 0.4) is 0 Å². The van der Waals surface area contributed by atoms with Crippen LogP contribution in [-0.4, -0.2) is 56.8 Å². The van der Waals surface area contributed by atoms with Crippen molar-refractivity contribution in [1.82, 2.24) is 19.0 Å². The Bertz CT molecular complexity index is 1550. The molecule has 1 atom stereocenters. The number of hydrogen-bond donors (Lipinski definition) is 1. The van der Waals surface area contributed by atoms with Gasteiger partial charge in [0.2, 0.25) is 0 Å². The van der Waals surface area contributed by atoms with Crippen molar-refractivity contribution in [3.63, 3.8) is 0 Å². The Hall–Kier alpha value is -3.62. The maximum absolute atomic E-state index is 14.8. The van der Waals surface area contributed by atoms with Crippen LogP contribution < -0.4 is 10.6 Å². The van der Waals surface area contributed by atoms with Gasteiger partial charge in [-0.05, 0) is 75.0 Å². The summed E-state index contributed by atoms with van der Waals surface area (Å²) in [5, 5.41) is 11.6. The molecule has 0 saturated carbocycles. The van der Waals surface area contributed by atoms with Crippen LogP contribution in [0, 0.1) is 5.82 Å². The van der Waals surface area contributed by atoms with Crippen LogP contribution in [0.2, 0.25) is 5.02 Å². The number of phenols is 1. The van der Waals surface area contributed by atoms with Crippen molar-refractivity contribution in [3.05, 3.63) is 82.4 Å². The number of aromatic nitrogens is 3. The Kier molecular flexibility index (Phi) is 6.33. The zero-order chi connectivity index (χ0) is 26.5. The minimum absolute atomic E-state index is 0.0438. The van der Waals surface area contributed by atoms with Crippen molar-refractivity contribution in [2.45, 2.75) is 18.9 Å². The number of hydrogen-bond acceptors (Lipinski definition) is 5. The molecule has 1 fully saturated rings. The lowest BCUT2D eigenvalue weighted by atomic mass is 9.97. The fourth-order valence-electron chi connectivity index (χ4n) is 4.82. The van der Waals surface area contributed by atoms with Crippen molar-refractivity contribution in [1.29, 1.82) is 0 Å². The van der Waals surface area contributed by atoms with E-state index in [4.69, 9.17) is 11.6 Å². The molecule has 0 radical (unpaired) electrons. The van der Waals surface area contributed by atoms with Gasteiger partial charge in [-0.3, -0.25) is 4.57 Å². The van der Waals surface area contributed by atoms with Crippen LogP contribution in [0.1, 0.15) is 13.3 Å². The van der Waals surface area contributed by atoms with Gasteiger partial charge in [-0.15, -0.1) is 0 Å². The number of rotatable bonds is 5. The van der Waals surface area contributed by atoms with E-state index in [0.29, 0.717) is 33.0 Å². The first kappa shape index (κ1) is 25.0. The fraction of sp³-hybridized carbons (Fsp3) is 0.286. The number of likely N-dealkylation sites (N-methyl/N-ethyl adjacent to an activating group) is 1. The van der Waals surface area contributed by atoms with E-state index in [2.05, 4.69) is 35.8 Å². The Morgan fingerprint density at radius 3 is 2.38 bits per heavy atom. The van der Waals surface area contributed by atoms with Crippen molar-refractivity contribution in [2.75, 3.05) is 32.1 Å². The normalized spacial score (nSPS) is 17.6. The summed E-state index contributed by atoms with van der Waals surface area (Å²) in [6, 6.07) is 11.3. The Morgan fingerprint density at radius 2 is 1.78 bits per heavy atom. The van der Waals surface area contributed by atoms with E-state index in [1.807, 2.05) is 6.07 Å². The third-order valence-corrected chi connectivity index (χ3v) is 7.75. The summed E-state index contributed by atoms with van der Waals surface area (Å²) in [5.74, 6) is 0.245. The maximum atomic E-state index is 14.8. The van der Waals surface area contributed by atoms with Crippen molar-refractivity contribution in [2.24, 2.45) is 7.05 Å². The van der Waals surface area contributed by atoms with Gasteiger partial charge in [-0.25, -0.2) is 14.2 Å². The predicted octanol–water partition coefficient (Wildman–Crippen LogP) is 4.93. The lowest BCUT2D eigenvalue weighted by Crippen LogP contribution is -2.43. The molecule has 0 aliphatic carbocycles. The largest absolute Gasteiger partial charge is 0.507 e. The molecule has 2 aromatic carbocycles. The third kappa shape index (κ3) is 4.51. The highest BCUT2D eigenvalue weighted by Gasteiger charge is 2.36. The predicted molar refractivity (Wildman–Crippen MR) is 145 cm³/mol. The van der Waals surface area contributed by atoms with Gasteiger partial charge in [0.25, 0.3) is 0 Å². The smallest absolute Gasteiger partial charge is 0.332 e. The second-order valence-corrected chi connectivity index (χ2v) is 10.5. The van der Waals surface area contributed by atoms with Crippen molar-refractivity contribution < 1.29 is 9.50 Å². The first-order chi connectivity index (χ1) is 17.6. The number of pyridine rings is 1. The second-order valence-electron chi connectivity index (χ2n) is 10.0. The van der Waals surface area contributed by atoms with Gasteiger partial charge in [-0.1, -0.05) is 17.7 Å². The van der Waals surface area contributed by atoms with Gasteiger partial charge in [0.15, 0.2) is 0 Å². The quantitative estimate of drug-likeness (QED) is 0.403. The number of anilines is 1. The number of halogens is 2. The van der Waals surface area contributed by atoms with E-state index in [0.717, 1.165) is 25.3 Å². The number of aryl methyl sites for hydroxylation is 1. The molecule has 3 heterocycles. The summed E-state index contributed by atoms with van der Waals surface area (Å²) in [7, 11) is 5.82. The molecule has 1 aliphatic rings. The lowest BCUT2D eigenvalue weighted by Gasteiger charge is -2.32. The monoisotopic (exact) mass is 521 g/mol. The minimum atomic E-state index is -0.484. The molecular weight excluding hydrogens is 493 g/mol. The molecule has 2 aromatic heterocycles. The number of imidazole rings is 1. The van der Waals surface area contributed by atoms with E-state index >= 15 is 0 Å². The molecule has 5 rings (SSSR count). The molecule has 1 saturated heterocycles.